The Kier molecular flexibility index (Phi) is 3.21. The van der Waals surface area contributed by atoms with Crippen LogP contribution in [0.3, 0.4) is 0 Å². The van der Waals surface area contributed by atoms with Gasteiger partial charge in [-0.1, -0.05) is 38.0 Å². The minimum atomic E-state index is -0.687. The van der Waals surface area contributed by atoms with Gasteiger partial charge in [-0.05, 0) is 24.5 Å². The van der Waals surface area contributed by atoms with Gasteiger partial charge in [0, 0.05) is 24.2 Å². The molecule has 1 aromatic carbocycles. The summed E-state index contributed by atoms with van der Waals surface area (Å²) < 4.78 is 0. The number of benzene rings is 1. The molecule has 2 aliphatic rings. The van der Waals surface area contributed by atoms with Gasteiger partial charge in [0.25, 0.3) is 0 Å². The van der Waals surface area contributed by atoms with E-state index in [1.165, 1.54) is 36.9 Å². The fraction of sp³-hybridized carbons (Fsp3) is 0.562. The Balaban J connectivity index is 1.92. The molecule has 0 amide bonds. The zero-order chi connectivity index (χ0) is 13.4. The Morgan fingerprint density at radius 1 is 1.32 bits per heavy atom. The average molecular weight is 259 g/mol. The minimum absolute atomic E-state index is 0.134. The lowest BCUT2D eigenvalue weighted by Gasteiger charge is -2.27. The van der Waals surface area contributed by atoms with Crippen molar-refractivity contribution in [3.63, 3.8) is 0 Å². The third-order valence-corrected chi connectivity index (χ3v) is 4.80. The number of rotatable bonds is 3. The second-order valence-electron chi connectivity index (χ2n) is 5.88. The standard InChI is InChI=1S/C16H21NO2/c1-11(16(18)19)14-10-17(12-6-2-3-7-12)15-9-5-4-8-13(14)15/h4-5,8-9,11-12,14H,2-3,6-7,10H2,1H3,(H,18,19). The highest BCUT2D eigenvalue weighted by Crippen LogP contribution is 2.43. The van der Waals surface area contributed by atoms with Crippen molar-refractivity contribution in [3.05, 3.63) is 29.8 Å². The quantitative estimate of drug-likeness (QED) is 0.905. The van der Waals surface area contributed by atoms with Crippen LogP contribution in [0.5, 0.6) is 0 Å². The lowest BCUT2D eigenvalue weighted by atomic mass is 9.89. The highest BCUT2D eigenvalue weighted by molar-refractivity contribution is 5.73. The molecule has 1 aromatic rings. The van der Waals surface area contributed by atoms with E-state index < -0.39 is 5.97 Å². The zero-order valence-electron chi connectivity index (χ0n) is 11.4. The Morgan fingerprint density at radius 2 is 2.00 bits per heavy atom. The molecule has 1 N–H and O–H groups in total. The number of hydrogen-bond acceptors (Lipinski definition) is 2. The van der Waals surface area contributed by atoms with Gasteiger partial charge in [0.15, 0.2) is 0 Å². The van der Waals surface area contributed by atoms with Crippen LogP contribution in [0.2, 0.25) is 0 Å². The fourth-order valence-corrected chi connectivity index (χ4v) is 3.63. The summed E-state index contributed by atoms with van der Waals surface area (Å²) in [6, 6.07) is 8.97. The number of para-hydroxylation sites is 1. The molecule has 3 nitrogen and oxygen atoms in total. The molecular weight excluding hydrogens is 238 g/mol. The largest absolute Gasteiger partial charge is 0.481 e. The van der Waals surface area contributed by atoms with Crippen LogP contribution in [0.4, 0.5) is 5.69 Å². The molecule has 1 saturated carbocycles. The minimum Gasteiger partial charge on any atom is -0.481 e. The monoisotopic (exact) mass is 259 g/mol. The Morgan fingerprint density at radius 3 is 2.68 bits per heavy atom. The topological polar surface area (TPSA) is 40.5 Å². The number of hydrogen-bond donors (Lipinski definition) is 1. The fourth-order valence-electron chi connectivity index (χ4n) is 3.63. The van der Waals surface area contributed by atoms with Crippen LogP contribution < -0.4 is 4.90 Å². The van der Waals surface area contributed by atoms with Crippen LogP contribution in [0, 0.1) is 5.92 Å². The van der Waals surface area contributed by atoms with Crippen LogP contribution >= 0.6 is 0 Å². The Hall–Kier alpha value is -1.51. The van der Waals surface area contributed by atoms with Gasteiger partial charge in [-0.2, -0.15) is 0 Å². The van der Waals surface area contributed by atoms with Crippen molar-refractivity contribution in [1.82, 2.24) is 0 Å². The molecule has 102 valence electrons. The third-order valence-electron chi connectivity index (χ3n) is 4.80. The normalized spacial score (nSPS) is 24.5. The van der Waals surface area contributed by atoms with Crippen LogP contribution in [0.15, 0.2) is 24.3 Å². The number of carboxylic acid groups (broad SMARTS) is 1. The number of nitrogens with zero attached hydrogens (tertiary/aromatic N) is 1. The first kappa shape index (κ1) is 12.5. The summed E-state index contributed by atoms with van der Waals surface area (Å²) in [4.78, 5) is 13.8. The van der Waals surface area contributed by atoms with Crippen LogP contribution in [0.25, 0.3) is 0 Å². The van der Waals surface area contributed by atoms with Gasteiger partial charge in [0.2, 0.25) is 0 Å². The van der Waals surface area contributed by atoms with E-state index in [1.54, 1.807) is 0 Å². The molecule has 19 heavy (non-hydrogen) atoms. The van der Waals surface area contributed by atoms with Crippen molar-refractivity contribution in [3.8, 4) is 0 Å². The SMILES string of the molecule is CC(C(=O)O)C1CN(C2CCCC2)c2ccccc21. The second kappa shape index (κ2) is 4.87. The molecule has 0 saturated heterocycles. The summed E-state index contributed by atoms with van der Waals surface area (Å²) in [5.74, 6) is -0.866. The molecule has 0 radical (unpaired) electrons. The number of carboxylic acids is 1. The molecule has 0 bridgehead atoms. The van der Waals surface area contributed by atoms with Gasteiger partial charge in [0.1, 0.15) is 0 Å². The molecule has 1 heterocycles. The molecule has 0 aromatic heterocycles. The van der Waals surface area contributed by atoms with E-state index in [0.29, 0.717) is 6.04 Å². The summed E-state index contributed by atoms with van der Waals surface area (Å²) in [6.45, 7) is 2.71. The molecule has 1 fully saturated rings. The van der Waals surface area contributed by atoms with Crippen LogP contribution in [0.1, 0.15) is 44.1 Å². The number of carbonyl (C=O) groups is 1. The van der Waals surface area contributed by atoms with Gasteiger partial charge >= 0.3 is 5.97 Å². The lowest BCUT2D eigenvalue weighted by Crippen LogP contribution is -2.33. The van der Waals surface area contributed by atoms with Crippen LogP contribution in [-0.4, -0.2) is 23.7 Å². The molecule has 2 atom stereocenters. The van der Waals surface area contributed by atoms with Crippen molar-refractivity contribution in [2.45, 2.75) is 44.6 Å². The second-order valence-corrected chi connectivity index (χ2v) is 5.88. The first-order chi connectivity index (χ1) is 9.18. The van der Waals surface area contributed by atoms with Crippen molar-refractivity contribution in [2.75, 3.05) is 11.4 Å². The predicted molar refractivity (Wildman–Crippen MR) is 75.6 cm³/mol. The molecular formula is C16H21NO2. The maximum absolute atomic E-state index is 11.3. The van der Waals surface area contributed by atoms with E-state index in [-0.39, 0.29) is 11.8 Å². The summed E-state index contributed by atoms with van der Waals surface area (Å²) in [6.07, 6.45) is 5.12. The summed E-state index contributed by atoms with van der Waals surface area (Å²) in [5.41, 5.74) is 2.50. The maximum Gasteiger partial charge on any atom is 0.306 e. The van der Waals surface area contributed by atoms with Gasteiger partial charge in [-0.15, -0.1) is 0 Å². The van der Waals surface area contributed by atoms with Crippen LogP contribution in [-0.2, 0) is 4.79 Å². The summed E-state index contributed by atoms with van der Waals surface area (Å²) >= 11 is 0. The lowest BCUT2D eigenvalue weighted by molar-refractivity contribution is -0.141. The first-order valence-corrected chi connectivity index (χ1v) is 7.27. The molecule has 1 aliphatic heterocycles. The van der Waals surface area contributed by atoms with E-state index >= 15 is 0 Å². The first-order valence-electron chi connectivity index (χ1n) is 7.27. The van der Waals surface area contributed by atoms with Crippen molar-refractivity contribution < 1.29 is 9.90 Å². The average Bonchev–Trinajstić information content (AvgIpc) is 3.04. The Labute approximate surface area is 114 Å². The zero-order valence-corrected chi connectivity index (χ0v) is 11.4. The van der Waals surface area contributed by atoms with E-state index in [4.69, 9.17) is 0 Å². The third kappa shape index (κ3) is 2.11. The van der Waals surface area contributed by atoms with Crippen molar-refractivity contribution in [2.24, 2.45) is 5.92 Å². The van der Waals surface area contributed by atoms with E-state index in [2.05, 4.69) is 23.1 Å². The van der Waals surface area contributed by atoms with Crippen molar-refractivity contribution >= 4 is 11.7 Å². The van der Waals surface area contributed by atoms with E-state index in [9.17, 15) is 9.90 Å². The van der Waals surface area contributed by atoms with Gasteiger partial charge < -0.3 is 10.0 Å². The van der Waals surface area contributed by atoms with Gasteiger partial charge in [-0.25, -0.2) is 0 Å². The van der Waals surface area contributed by atoms with Crippen molar-refractivity contribution in [1.29, 1.82) is 0 Å². The number of anilines is 1. The van der Waals surface area contributed by atoms with Gasteiger partial charge in [-0.3, -0.25) is 4.79 Å². The Bertz CT molecular complexity index is 479. The number of fused-ring (bicyclic) bond motifs is 1. The predicted octanol–water partition coefficient (Wildman–Crippen LogP) is 3.25. The molecule has 3 rings (SSSR count). The molecule has 1 aliphatic carbocycles. The van der Waals surface area contributed by atoms with E-state index in [1.807, 2.05) is 13.0 Å². The highest BCUT2D eigenvalue weighted by atomic mass is 16.4. The molecule has 0 spiro atoms. The van der Waals surface area contributed by atoms with Gasteiger partial charge in [0.05, 0.1) is 5.92 Å². The number of aliphatic carboxylic acids is 1. The summed E-state index contributed by atoms with van der Waals surface area (Å²) in [5, 5.41) is 9.30. The summed E-state index contributed by atoms with van der Waals surface area (Å²) in [7, 11) is 0. The maximum atomic E-state index is 11.3. The smallest absolute Gasteiger partial charge is 0.306 e. The van der Waals surface area contributed by atoms with E-state index in [0.717, 1.165) is 6.54 Å². The molecule has 3 heteroatoms. The highest BCUT2D eigenvalue weighted by Gasteiger charge is 2.38. The molecule has 2 unspecified atom stereocenters.